The first-order valence-electron chi connectivity index (χ1n) is 8.90. The van der Waals surface area contributed by atoms with E-state index < -0.39 is 23.3 Å². The summed E-state index contributed by atoms with van der Waals surface area (Å²) in [4.78, 5) is 26.0. The Bertz CT molecular complexity index is 595. The van der Waals surface area contributed by atoms with E-state index in [0.717, 1.165) is 0 Å². The van der Waals surface area contributed by atoms with Gasteiger partial charge in [-0.15, -0.1) is 12.3 Å². The molecule has 0 aromatic heterocycles. The molecule has 0 radical (unpaired) electrons. The highest BCUT2D eigenvalue weighted by Gasteiger charge is 2.52. The van der Waals surface area contributed by atoms with Gasteiger partial charge in [0.1, 0.15) is 0 Å². The Morgan fingerprint density at radius 3 is 2.00 bits per heavy atom. The van der Waals surface area contributed by atoms with Crippen molar-refractivity contribution in [1.82, 2.24) is 0 Å². The van der Waals surface area contributed by atoms with Crippen molar-refractivity contribution >= 4 is 11.9 Å². The summed E-state index contributed by atoms with van der Waals surface area (Å²) in [5.41, 5.74) is -1.13. The van der Waals surface area contributed by atoms with Gasteiger partial charge < -0.3 is 14.2 Å². The molecule has 0 unspecified atom stereocenters. The fourth-order valence-electron chi connectivity index (χ4n) is 3.08. The van der Waals surface area contributed by atoms with Crippen LogP contribution in [0.15, 0.2) is 30.3 Å². The Morgan fingerprint density at radius 2 is 1.62 bits per heavy atom. The zero-order valence-corrected chi connectivity index (χ0v) is 16.0. The maximum absolute atomic E-state index is 13.0. The van der Waals surface area contributed by atoms with Gasteiger partial charge in [-0.2, -0.15) is 0 Å². The molecule has 1 aromatic carbocycles. The zero-order valence-electron chi connectivity index (χ0n) is 16.0. The van der Waals surface area contributed by atoms with Crippen molar-refractivity contribution in [2.45, 2.75) is 45.1 Å². The minimum atomic E-state index is -1.63. The number of ether oxygens (including phenoxy) is 3. The normalized spacial score (nSPS) is 13.3. The molecule has 0 amide bonds. The van der Waals surface area contributed by atoms with E-state index in [1.807, 2.05) is 13.0 Å². The third-order valence-electron chi connectivity index (χ3n) is 4.41. The fraction of sp³-hybridized carbons (Fsp3) is 0.524. The Hall–Kier alpha value is -2.32. The molecule has 5 nitrogen and oxygen atoms in total. The number of hydrogen-bond acceptors (Lipinski definition) is 5. The molecule has 0 aliphatic rings. The molecule has 26 heavy (non-hydrogen) atoms. The monoisotopic (exact) mass is 360 g/mol. The number of carbonyl (C=O) groups excluding carboxylic acids is 2. The smallest absolute Gasteiger partial charge is 0.328 e. The zero-order chi connectivity index (χ0) is 19.6. The first-order valence-corrected chi connectivity index (χ1v) is 8.90. The molecule has 0 bridgehead atoms. The van der Waals surface area contributed by atoms with E-state index in [-0.39, 0.29) is 25.7 Å². The van der Waals surface area contributed by atoms with Crippen molar-refractivity contribution in [2.24, 2.45) is 5.92 Å². The summed E-state index contributed by atoms with van der Waals surface area (Å²) in [7, 11) is 1.57. The van der Waals surface area contributed by atoms with Crippen molar-refractivity contribution in [3.8, 4) is 12.3 Å². The van der Waals surface area contributed by atoms with Crippen molar-refractivity contribution < 1.29 is 23.8 Å². The molecular weight excluding hydrogens is 332 g/mol. The third kappa shape index (κ3) is 4.64. The number of esters is 2. The van der Waals surface area contributed by atoms with E-state index >= 15 is 0 Å². The molecule has 2 atom stereocenters. The molecule has 0 aliphatic heterocycles. The van der Waals surface area contributed by atoms with E-state index in [9.17, 15) is 9.59 Å². The van der Waals surface area contributed by atoms with Gasteiger partial charge in [-0.25, -0.2) is 0 Å². The molecule has 5 heteroatoms. The molecule has 142 valence electrons. The SMILES string of the molecule is C#C[C@H](CC(C(=O)OCC)(C(=O)OCC)c1ccccc1)[C@H](CC)OC. The maximum atomic E-state index is 13.0. The number of benzene rings is 1. The largest absolute Gasteiger partial charge is 0.465 e. The van der Waals surface area contributed by atoms with Gasteiger partial charge in [-0.3, -0.25) is 9.59 Å². The van der Waals surface area contributed by atoms with Crippen LogP contribution in [-0.2, 0) is 29.2 Å². The van der Waals surface area contributed by atoms with Gasteiger partial charge >= 0.3 is 11.9 Å². The summed E-state index contributed by atoms with van der Waals surface area (Å²) in [6, 6.07) is 8.78. The number of carbonyl (C=O) groups is 2. The van der Waals surface area contributed by atoms with Gasteiger partial charge in [0.25, 0.3) is 0 Å². The van der Waals surface area contributed by atoms with Gasteiger partial charge in [0, 0.05) is 13.0 Å². The minimum absolute atomic E-state index is 0.0531. The van der Waals surface area contributed by atoms with Gasteiger partial charge in [0.15, 0.2) is 5.41 Å². The van der Waals surface area contributed by atoms with E-state index in [0.29, 0.717) is 12.0 Å². The van der Waals surface area contributed by atoms with Crippen LogP contribution >= 0.6 is 0 Å². The lowest BCUT2D eigenvalue weighted by Gasteiger charge is -2.33. The summed E-state index contributed by atoms with van der Waals surface area (Å²) < 4.78 is 16.0. The third-order valence-corrected chi connectivity index (χ3v) is 4.41. The first kappa shape index (κ1) is 21.7. The summed E-state index contributed by atoms with van der Waals surface area (Å²) in [5, 5.41) is 0. The second-order valence-electron chi connectivity index (χ2n) is 5.87. The van der Waals surface area contributed by atoms with Gasteiger partial charge in [-0.05, 0) is 32.3 Å². The van der Waals surface area contributed by atoms with Crippen LogP contribution in [0.3, 0.4) is 0 Å². The molecule has 1 aromatic rings. The lowest BCUT2D eigenvalue weighted by molar-refractivity contribution is -0.166. The van der Waals surface area contributed by atoms with Crippen LogP contribution in [0.1, 0.15) is 39.2 Å². The number of methoxy groups -OCH3 is 1. The van der Waals surface area contributed by atoms with Crippen LogP contribution < -0.4 is 0 Å². The molecule has 0 heterocycles. The van der Waals surface area contributed by atoms with E-state index in [1.165, 1.54) is 0 Å². The van der Waals surface area contributed by atoms with Gasteiger partial charge in [0.2, 0.25) is 0 Å². The number of rotatable bonds is 10. The molecule has 0 fully saturated rings. The molecule has 1 rings (SSSR count). The minimum Gasteiger partial charge on any atom is -0.465 e. The van der Waals surface area contributed by atoms with Crippen molar-refractivity contribution in [2.75, 3.05) is 20.3 Å². The maximum Gasteiger partial charge on any atom is 0.328 e. The quantitative estimate of drug-likeness (QED) is 0.364. The predicted molar refractivity (Wildman–Crippen MR) is 99.4 cm³/mol. The summed E-state index contributed by atoms with van der Waals surface area (Å²) in [6.45, 7) is 5.63. The lowest BCUT2D eigenvalue weighted by atomic mass is 9.72. The second kappa shape index (κ2) is 10.6. The standard InChI is InChI=1S/C21H28O5/c1-6-16(18(7-2)24-5)15-21(19(22)25-8-3,20(23)26-9-4)17-13-11-10-12-14-17/h1,10-14,16,18H,7-9,15H2,2-5H3/t16-,18+/m1/s1. The average molecular weight is 360 g/mol. The Morgan fingerprint density at radius 1 is 1.08 bits per heavy atom. The topological polar surface area (TPSA) is 61.8 Å². The fourth-order valence-corrected chi connectivity index (χ4v) is 3.08. The molecule has 0 saturated heterocycles. The molecule has 0 aliphatic carbocycles. The summed E-state index contributed by atoms with van der Waals surface area (Å²) in [6.07, 6.45) is 6.15. The van der Waals surface area contributed by atoms with Crippen LogP contribution in [0, 0.1) is 18.3 Å². The summed E-state index contributed by atoms with van der Waals surface area (Å²) >= 11 is 0. The van der Waals surface area contributed by atoms with Gasteiger partial charge in [0.05, 0.1) is 19.3 Å². The van der Waals surface area contributed by atoms with E-state index in [1.54, 1.807) is 45.2 Å². The molecule has 0 saturated carbocycles. The van der Waals surface area contributed by atoms with Crippen molar-refractivity contribution in [3.05, 3.63) is 35.9 Å². The Labute approximate surface area is 156 Å². The highest BCUT2D eigenvalue weighted by atomic mass is 16.6. The molecular formula is C21H28O5. The molecule has 0 spiro atoms. The van der Waals surface area contributed by atoms with Crippen molar-refractivity contribution in [1.29, 1.82) is 0 Å². The van der Waals surface area contributed by atoms with Crippen LogP contribution in [0.2, 0.25) is 0 Å². The average Bonchev–Trinajstić information content (AvgIpc) is 2.66. The van der Waals surface area contributed by atoms with Crippen LogP contribution in [0.25, 0.3) is 0 Å². The number of hydrogen-bond donors (Lipinski definition) is 0. The lowest BCUT2D eigenvalue weighted by Crippen LogP contribution is -2.48. The summed E-state index contributed by atoms with van der Waals surface area (Å²) in [5.74, 6) is 0.910. The van der Waals surface area contributed by atoms with Gasteiger partial charge in [-0.1, -0.05) is 37.3 Å². The number of terminal acetylenes is 1. The van der Waals surface area contributed by atoms with Crippen LogP contribution in [0.5, 0.6) is 0 Å². The van der Waals surface area contributed by atoms with Crippen LogP contribution in [0.4, 0.5) is 0 Å². The highest BCUT2D eigenvalue weighted by molar-refractivity contribution is 6.06. The van der Waals surface area contributed by atoms with E-state index in [4.69, 9.17) is 20.6 Å². The predicted octanol–water partition coefficient (Wildman–Crippen LogP) is 3.12. The second-order valence-corrected chi connectivity index (χ2v) is 5.87. The first-order chi connectivity index (χ1) is 12.5. The van der Waals surface area contributed by atoms with E-state index in [2.05, 4.69) is 5.92 Å². The van der Waals surface area contributed by atoms with Crippen molar-refractivity contribution in [3.63, 3.8) is 0 Å². The molecule has 0 N–H and O–H groups in total. The Kier molecular flexibility index (Phi) is 8.87. The highest BCUT2D eigenvalue weighted by Crippen LogP contribution is 2.36. The van der Waals surface area contributed by atoms with Crippen LogP contribution in [-0.4, -0.2) is 38.4 Å². The Balaban J connectivity index is 3.53.